The molecule has 0 aromatic heterocycles. The molecule has 2 aromatic carbocycles. The molecule has 0 spiro atoms. The number of nitrogens with zero attached hydrogens (tertiary/aromatic N) is 2. The van der Waals surface area contributed by atoms with Gasteiger partial charge in [0.2, 0.25) is 5.91 Å². The van der Waals surface area contributed by atoms with Gasteiger partial charge in [0.05, 0.1) is 18.0 Å². The highest BCUT2D eigenvalue weighted by Crippen LogP contribution is 2.23. The number of fused-ring (bicyclic) bond motifs is 1. The lowest BCUT2D eigenvalue weighted by atomic mass is 10.0. The summed E-state index contributed by atoms with van der Waals surface area (Å²) in [5.74, 6) is 0.979. The van der Waals surface area contributed by atoms with Crippen LogP contribution in [-0.4, -0.2) is 53.9 Å². The maximum atomic E-state index is 13.5. The van der Waals surface area contributed by atoms with Gasteiger partial charge in [-0.05, 0) is 50.3 Å². The van der Waals surface area contributed by atoms with Gasteiger partial charge in [0.1, 0.15) is 12.4 Å². The summed E-state index contributed by atoms with van der Waals surface area (Å²) in [6.07, 6.45) is 4.41. The number of rotatable bonds is 4. The van der Waals surface area contributed by atoms with Crippen LogP contribution in [0.2, 0.25) is 0 Å². The molecule has 1 atom stereocenters. The lowest BCUT2D eigenvalue weighted by Gasteiger charge is -2.35. The third kappa shape index (κ3) is 6.85. The van der Waals surface area contributed by atoms with Crippen LogP contribution in [0.25, 0.3) is 0 Å². The second kappa shape index (κ2) is 12.6. The summed E-state index contributed by atoms with van der Waals surface area (Å²) in [4.78, 5) is 30.7. The molecular weight excluding hydrogens is 424 g/mol. The average molecular weight is 465 g/mol. The fourth-order valence-corrected chi connectivity index (χ4v) is 4.56. The zero-order chi connectivity index (χ0) is 24.5. The van der Waals surface area contributed by atoms with E-state index in [0.29, 0.717) is 30.9 Å². The molecule has 0 N–H and O–H groups in total. The van der Waals surface area contributed by atoms with Crippen LogP contribution in [-0.2, 0) is 11.2 Å². The Labute approximate surface area is 205 Å². The van der Waals surface area contributed by atoms with Crippen molar-refractivity contribution in [3.8, 4) is 5.75 Å². The van der Waals surface area contributed by atoms with Gasteiger partial charge >= 0.3 is 0 Å². The minimum atomic E-state index is -0.0636. The number of para-hydroxylation sites is 1. The first-order valence-electron chi connectivity index (χ1n) is 12.8. The fourth-order valence-electron chi connectivity index (χ4n) is 4.56. The number of aryl methyl sites for hydroxylation is 1. The number of hydrogen-bond donors (Lipinski definition) is 0. The molecule has 0 saturated heterocycles. The Morgan fingerprint density at radius 3 is 2.35 bits per heavy atom. The molecular formula is C29H40N2O3. The molecule has 184 valence electrons. The van der Waals surface area contributed by atoms with E-state index in [1.807, 2.05) is 53.1 Å². The minimum Gasteiger partial charge on any atom is -0.491 e. The van der Waals surface area contributed by atoms with Gasteiger partial charge in [-0.2, -0.15) is 0 Å². The second-order valence-corrected chi connectivity index (χ2v) is 9.67. The Kier molecular flexibility index (Phi) is 9.55. The van der Waals surface area contributed by atoms with E-state index in [-0.39, 0.29) is 23.8 Å². The van der Waals surface area contributed by atoms with Crippen LogP contribution in [0.5, 0.6) is 5.75 Å². The number of benzene rings is 2. The van der Waals surface area contributed by atoms with Crippen LogP contribution in [0.1, 0.15) is 67.9 Å². The van der Waals surface area contributed by atoms with Crippen LogP contribution >= 0.6 is 0 Å². The van der Waals surface area contributed by atoms with E-state index in [4.69, 9.17) is 4.74 Å². The largest absolute Gasteiger partial charge is 0.491 e. The maximum absolute atomic E-state index is 13.5. The van der Waals surface area contributed by atoms with Crippen molar-refractivity contribution in [3.05, 3.63) is 65.2 Å². The Morgan fingerprint density at radius 1 is 1.00 bits per heavy atom. The molecule has 5 heteroatoms. The SMILES string of the molecule is CCN1CCCCCCN(C(=O)Cc2ccc(C)cc2)[C@@H](C(C)C)COc2ccccc2C1=O. The van der Waals surface area contributed by atoms with Crippen molar-refractivity contribution in [2.75, 3.05) is 26.2 Å². The van der Waals surface area contributed by atoms with E-state index < -0.39 is 0 Å². The van der Waals surface area contributed by atoms with Crippen molar-refractivity contribution in [1.82, 2.24) is 9.80 Å². The van der Waals surface area contributed by atoms with Gasteiger partial charge in [0, 0.05) is 19.6 Å². The lowest BCUT2D eigenvalue weighted by molar-refractivity contribution is -0.134. The molecule has 5 nitrogen and oxygen atoms in total. The number of hydrogen-bond acceptors (Lipinski definition) is 3. The minimum absolute atomic E-state index is 0.0172. The molecule has 3 rings (SSSR count). The van der Waals surface area contributed by atoms with E-state index in [2.05, 4.69) is 32.9 Å². The third-order valence-electron chi connectivity index (χ3n) is 6.74. The maximum Gasteiger partial charge on any atom is 0.257 e. The van der Waals surface area contributed by atoms with Crippen LogP contribution in [0.3, 0.4) is 0 Å². The Hall–Kier alpha value is -2.82. The zero-order valence-corrected chi connectivity index (χ0v) is 21.3. The van der Waals surface area contributed by atoms with E-state index in [1.165, 1.54) is 5.56 Å². The molecule has 0 unspecified atom stereocenters. The number of amides is 2. The van der Waals surface area contributed by atoms with Crippen LogP contribution in [0.4, 0.5) is 0 Å². The van der Waals surface area contributed by atoms with Crippen molar-refractivity contribution in [3.63, 3.8) is 0 Å². The number of carbonyl (C=O) groups is 2. The molecule has 34 heavy (non-hydrogen) atoms. The first kappa shape index (κ1) is 25.8. The van der Waals surface area contributed by atoms with Gasteiger partial charge in [-0.1, -0.05) is 68.7 Å². The second-order valence-electron chi connectivity index (χ2n) is 9.67. The van der Waals surface area contributed by atoms with Gasteiger partial charge in [-0.25, -0.2) is 0 Å². The Bertz CT molecular complexity index is 939. The molecule has 0 fully saturated rings. The van der Waals surface area contributed by atoms with E-state index in [9.17, 15) is 9.59 Å². The molecule has 0 aliphatic carbocycles. The van der Waals surface area contributed by atoms with Gasteiger partial charge in [0.15, 0.2) is 0 Å². The molecule has 2 amide bonds. The summed E-state index contributed by atoms with van der Waals surface area (Å²) in [6, 6.07) is 15.6. The smallest absolute Gasteiger partial charge is 0.257 e. The van der Waals surface area contributed by atoms with Crippen LogP contribution in [0.15, 0.2) is 48.5 Å². The fraction of sp³-hybridized carbons (Fsp3) is 0.517. The number of ether oxygens (including phenoxy) is 1. The standard InChI is InChI=1S/C29H40N2O3/c1-5-30-18-10-6-7-11-19-31(28(32)20-24-16-14-23(4)15-17-24)26(22(2)3)21-34-27-13-9-8-12-25(27)29(30)33/h8-9,12-17,22,26H,5-7,10-11,18-21H2,1-4H3/t26-/m1/s1. The van der Waals surface area contributed by atoms with Crippen LogP contribution in [0, 0.1) is 12.8 Å². The third-order valence-corrected chi connectivity index (χ3v) is 6.74. The molecule has 0 bridgehead atoms. The van der Waals surface area contributed by atoms with Gasteiger partial charge < -0.3 is 14.5 Å². The predicted molar refractivity (Wildman–Crippen MR) is 137 cm³/mol. The predicted octanol–water partition coefficient (Wildman–Crippen LogP) is 5.51. The van der Waals surface area contributed by atoms with E-state index in [0.717, 1.165) is 44.3 Å². The number of carbonyl (C=O) groups excluding carboxylic acids is 2. The van der Waals surface area contributed by atoms with E-state index in [1.54, 1.807) is 0 Å². The monoisotopic (exact) mass is 464 g/mol. The van der Waals surface area contributed by atoms with Crippen molar-refractivity contribution >= 4 is 11.8 Å². The first-order valence-corrected chi connectivity index (χ1v) is 12.8. The molecule has 2 aromatic rings. The first-order chi connectivity index (χ1) is 16.4. The molecule has 0 saturated carbocycles. The van der Waals surface area contributed by atoms with Gasteiger partial charge in [-0.3, -0.25) is 9.59 Å². The lowest BCUT2D eigenvalue weighted by Crippen LogP contribution is -2.48. The Morgan fingerprint density at radius 2 is 1.68 bits per heavy atom. The average Bonchev–Trinajstić information content (AvgIpc) is 2.83. The van der Waals surface area contributed by atoms with Crippen molar-refractivity contribution in [1.29, 1.82) is 0 Å². The summed E-state index contributed by atoms with van der Waals surface area (Å²) in [6.45, 7) is 10.9. The van der Waals surface area contributed by atoms with Crippen molar-refractivity contribution < 1.29 is 14.3 Å². The summed E-state index contributed by atoms with van der Waals surface area (Å²) in [5.41, 5.74) is 2.83. The highest BCUT2D eigenvalue weighted by atomic mass is 16.5. The molecule has 1 aliphatic heterocycles. The van der Waals surface area contributed by atoms with Gasteiger partial charge in [-0.15, -0.1) is 0 Å². The molecule has 0 radical (unpaired) electrons. The van der Waals surface area contributed by atoms with Gasteiger partial charge in [0.25, 0.3) is 5.91 Å². The highest BCUT2D eigenvalue weighted by Gasteiger charge is 2.28. The summed E-state index contributed by atoms with van der Waals surface area (Å²) in [5, 5.41) is 0. The van der Waals surface area contributed by atoms with Crippen molar-refractivity contribution in [2.45, 2.75) is 65.8 Å². The summed E-state index contributed by atoms with van der Waals surface area (Å²) in [7, 11) is 0. The normalized spacial score (nSPS) is 18.3. The molecule has 1 heterocycles. The topological polar surface area (TPSA) is 49.9 Å². The summed E-state index contributed by atoms with van der Waals surface area (Å²) >= 11 is 0. The Balaban J connectivity index is 1.86. The molecule has 1 aliphatic rings. The summed E-state index contributed by atoms with van der Waals surface area (Å²) < 4.78 is 6.27. The zero-order valence-electron chi connectivity index (χ0n) is 21.3. The quantitative estimate of drug-likeness (QED) is 0.600. The van der Waals surface area contributed by atoms with Crippen molar-refractivity contribution in [2.24, 2.45) is 5.92 Å². The van der Waals surface area contributed by atoms with Crippen LogP contribution < -0.4 is 4.74 Å². The highest BCUT2D eigenvalue weighted by molar-refractivity contribution is 5.96. The van der Waals surface area contributed by atoms with E-state index >= 15 is 0 Å².